The molecule has 0 aromatic heterocycles. The first kappa shape index (κ1) is 12.9. The summed E-state index contributed by atoms with van der Waals surface area (Å²) in [6.45, 7) is 6.82. The van der Waals surface area contributed by atoms with Crippen molar-refractivity contribution in [1.82, 2.24) is 10.2 Å². The van der Waals surface area contributed by atoms with Crippen LogP contribution in [-0.4, -0.2) is 43.2 Å². The summed E-state index contributed by atoms with van der Waals surface area (Å²) in [4.78, 5) is 2.55. The van der Waals surface area contributed by atoms with E-state index in [1.165, 1.54) is 31.5 Å². The minimum atomic E-state index is 0.349. The minimum absolute atomic E-state index is 0.349. The van der Waals surface area contributed by atoms with Crippen LogP contribution in [0.25, 0.3) is 0 Å². The topological polar surface area (TPSA) is 24.5 Å². The lowest BCUT2D eigenvalue weighted by Crippen LogP contribution is -2.37. The molecule has 2 aliphatic heterocycles. The fourth-order valence-corrected chi connectivity index (χ4v) is 3.16. The Balaban J connectivity index is 1.47. The maximum Gasteiger partial charge on any atom is 0.123 e. The summed E-state index contributed by atoms with van der Waals surface area (Å²) in [5.41, 5.74) is 1.37. The third-order valence-electron chi connectivity index (χ3n) is 4.13. The molecule has 2 heterocycles. The second-order valence-electron chi connectivity index (χ2n) is 5.75. The van der Waals surface area contributed by atoms with Crippen LogP contribution >= 0.6 is 0 Å². The molecular weight excluding hydrogens is 236 g/mol. The molecule has 3 nitrogen and oxygen atoms in total. The number of rotatable bonds is 5. The number of nitrogens with one attached hydrogen (secondary N) is 1. The fraction of sp³-hybridized carbons (Fsp3) is 0.625. The highest BCUT2D eigenvalue weighted by molar-refractivity contribution is 5.37. The fourth-order valence-electron chi connectivity index (χ4n) is 3.16. The number of fused-ring (bicyclic) bond motifs is 1. The van der Waals surface area contributed by atoms with Crippen molar-refractivity contribution in [2.24, 2.45) is 0 Å². The molecule has 0 spiro atoms. The van der Waals surface area contributed by atoms with Gasteiger partial charge in [-0.2, -0.15) is 0 Å². The normalized spacial score (nSPS) is 26.4. The van der Waals surface area contributed by atoms with Gasteiger partial charge in [-0.1, -0.05) is 25.1 Å². The van der Waals surface area contributed by atoms with Crippen molar-refractivity contribution >= 4 is 0 Å². The van der Waals surface area contributed by atoms with Crippen molar-refractivity contribution in [3.8, 4) is 5.75 Å². The number of ether oxygens (including phenoxy) is 1. The molecule has 19 heavy (non-hydrogen) atoms. The number of benzene rings is 1. The molecule has 0 amide bonds. The third-order valence-corrected chi connectivity index (χ3v) is 4.13. The Hall–Kier alpha value is -1.06. The van der Waals surface area contributed by atoms with Crippen LogP contribution in [0.1, 0.15) is 25.3 Å². The van der Waals surface area contributed by atoms with Crippen LogP contribution in [0.3, 0.4) is 0 Å². The van der Waals surface area contributed by atoms with Crippen LogP contribution in [0, 0.1) is 0 Å². The maximum absolute atomic E-state index is 6.02. The molecule has 104 valence electrons. The van der Waals surface area contributed by atoms with Crippen LogP contribution in [0.5, 0.6) is 5.75 Å². The van der Waals surface area contributed by atoms with Gasteiger partial charge in [-0.3, -0.25) is 4.90 Å². The summed E-state index contributed by atoms with van der Waals surface area (Å²) in [5.74, 6) is 1.09. The van der Waals surface area contributed by atoms with E-state index in [9.17, 15) is 0 Å². The largest absolute Gasteiger partial charge is 0.488 e. The molecule has 3 heteroatoms. The molecule has 3 rings (SSSR count). The predicted octanol–water partition coefficient (Wildman–Crippen LogP) is 2.06. The van der Waals surface area contributed by atoms with E-state index in [2.05, 4.69) is 41.4 Å². The molecule has 0 aliphatic carbocycles. The van der Waals surface area contributed by atoms with Gasteiger partial charge in [0.2, 0.25) is 0 Å². The van der Waals surface area contributed by atoms with Crippen molar-refractivity contribution in [1.29, 1.82) is 0 Å². The monoisotopic (exact) mass is 260 g/mol. The standard InChI is InChI=1S/C16H24N2O/c1-2-8-17-14-7-9-18(11-14)12-15-10-13-5-3-4-6-16(13)19-15/h3-6,14-15,17H,2,7-12H2,1H3. The number of para-hydroxylation sites is 1. The van der Waals surface area contributed by atoms with E-state index in [1.807, 2.05) is 0 Å². The van der Waals surface area contributed by atoms with Crippen LogP contribution in [0.2, 0.25) is 0 Å². The molecular formula is C16H24N2O. The SMILES string of the molecule is CCCNC1CCN(CC2Cc3ccccc3O2)C1. The minimum Gasteiger partial charge on any atom is -0.488 e. The summed E-state index contributed by atoms with van der Waals surface area (Å²) in [6.07, 6.45) is 3.92. The Labute approximate surface area is 115 Å². The van der Waals surface area contributed by atoms with Gasteiger partial charge >= 0.3 is 0 Å². The number of hydrogen-bond donors (Lipinski definition) is 1. The molecule has 1 aromatic carbocycles. The van der Waals surface area contributed by atoms with Crippen LogP contribution in [0.4, 0.5) is 0 Å². The smallest absolute Gasteiger partial charge is 0.123 e. The molecule has 2 unspecified atom stereocenters. The molecule has 2 aliphatic rings. The highest BCUT2D eigenvalue weighted by Gasteiger charge is 2.28. The second-order valence-corrected chi connectivity index (χ2v) is 5.75. The highest BCUT2D eigenvalue weighted by Crippen LogP contribution is 2.28. The summed E-state index contributed by atoms with van der Waals surface area (Å²) in [6, 6.07) is 9.12. The molecule has 2 atom stereocenters. The van der Waals surface area contributed by atoms with Gasteiger partial charge in [0.1, 0.15) is 11.9 Å². The van der Waals surface area contributed by atoms with Crippen molar-refractivity contribution in [2.45, 2.75) is 38.3 Å². The summed E-state index contributed by atoms with van der Waals surface area (Å²) >= 11 is 0. The van der Waals surface area contributed by atoms with E-state index in [0.29, 0.717) is 12.1 Å². The average Bonchev–Trinajstić information content (AvgIpc) is 3.02. The van der Waals surface area contributed by atoms with E-state index in [1.54, 1.807) is 0 Å². The van der Waals surface area contributed by atoms with Gasteiger partial charge in [-0.15, -0.1) is 0 Å². The van der Waals surface area contributed by atoms with Crippen molar-refractivity contribution in [2.75, 3.05) is 26.2 Å². The molecule has 1 saturated heterocycles. The van der Waals surface area contributed by atoms with Crippen molar-refractivity contribution in [3.05, 3.63) is 29.8 Å². The molecule has 0 bridgehead atoms. The first-order chi connectivity index (χ1) is 9.35. The van der Waals surface area contributed by atoms with Gasteiger partial charge in [0, 0.05) is 25.6 Å². The Morgan fingerprint density at radius 3 is 3.11 bits per heavy atom. The van der Waals surface area contributed by atoms with E-state index in [-0.39, 0.29) is 0 Å². The van der Waals surface area contributed by atoms with Crippen LogP contribution < -0.4 is 10.1 Å². The molecule has 0 radical (unpaired) electrons. The van der Waals surface area contributed by atoms with Gasteiger partial charge in [0.25, 0.3) is 0 Å². The van der Waals surface area contributed by atoms with E-state index >= 15 is 0 Å². The zero-order valence-corrected chi connectivity index (χ0v) is 11.8. The Bertz CT molecular complexity index is 396. The molecule has 1 fully saturated rings. The van der Waals surface area contributed by atoms with Gasteiger partial charge in [0.05, 0.1) is 0 Å². The lowest BCUT2D eigenvalue weighted by molar-refractivity contribution is 0.166. The van der Waals surface area contributed by atoms with Gasteiger partial charge in [-0.25, -0.2) is 0 Å². The van der Waals surface area contributed by atoms with E-state index in [0.717, 1.165) is 25.3 Å². The average molecular weight is 260 g/mol. The molecule has 1 aromatic rings. The highest BCUT2D eigenvalue weighted by atomic mass is 16.5. The van der Waals surface area contributed by atoms with Crippen molar-refractivity contribution in [3.63, 3.8) is 0 Å². The van der Waals surface area contributed by atoms with Crippen LogP contribution in [-0.2, 0) is 6.42 Å². The van der Waals surface area contributed by atoms with Gasteiger partial charge in [-0.05, 0) is 37.6 Å². The lowest BCUT2D eigenvalue weighted by Gasteiger charge is -2.20. The number of hydrogen-bond acceptors (Lipinski definition) is 3. The predicted molar refractivity (Wildman–Crippen MR) is 77.7 cm³/mol. The second kappa shape index (κ2) is 5.93. The summed E-state index contributed by atoms with van der Waals surface area (Å²) in [7, 11) is 0. The van der Waals surface area contributed by atoms with Crippen LogP contribution in [0.15, 0.2) is 24.3 Å². The summed E-state index contributed by atoms with van der Waals surface area (Å²) in [5, 5.41) is 3.62. The summed E-state index contributed by atoms with van der Waals surface area (Å²) < 4.78 is 6.02. The van der Waals surface area contributed by atoms with Gasteiger partial charge < -0.3 is 10.1 Å². The van der Waals surface area contributed by atoms with Gasteiger partial charge in [0.15, 0.2) is 0 Å². The zero-order chi connectivity index (χ0) is 13.1. The first-order valence-corrected chi connectivity index (χ1v) is 7.55. The number of nitrogens with zero attached hydrogens (tertiary/aromatic N) is 1. The van der Waals surface area contributed by atoms with E-state index in [4.69, 9.17) is 4.74 Å². The lowest BCUT2D eigenvalue weighted by atomic mass is 10.1. The first-order valence-electron chi connectivity index (χ1n) is 7.55. The van der Waals surface area contributed by atoms with Crippen molar-refractivity contribution < 1.29 is 4.74 Å². The van der Waals surface area contributed by atoms with E-state index < -0.39 is 0 Å². The Morgan fingerprint density at radius 1 is 1.37 bits per heavy atom. The number of likely N-dealkylation sites (tertiary alicyclic amines) is 1. The molecule has 1 N–H and O–H groups in total. The Kier molecular flexibility index (Phi) is 4.04. The quantitative estimate of drug-likeness (QED) is 0.877. The zero-order valence-electron chi connectivity index (χ0n) is 11.8. The third kappa shape index (κ3) is 3.10. The molecule has 0 saturated carbocycles. The Morgan fingerprint density at radius 2 is 2.26 bits per heavy atom. The maximum atomic E-state index is 6.02.